The summed E-state index contributed by atoms with van der Waals surface area (Å²) in [4.78, 5) is 0. The zero-order chi connectivity index (χ0) is 9.86. The van der Waals surface area contributed by atoms with E-state index in [2.05, 4.69) is 18.0 Å². The van der Waals surface area contributed by atoms with E-state index in [-0.39, 0.29) is 0 Å². The largest absolute Gasteiger partial charge is 0.158 e. The molecule has 2 fully saturated rings. The van der Waals surface area contributed by atoms with Crippen LogP contribution in [0.1, 0.15) is 64.2 Å². The van der Waals surface area contributed by atoms with Gasteiger partial charge in [0.1, 0.15) is 0 Å². The monoisotopic (exact) mass is 212 g/mol. The molecule has 0 amide bonds. The van der Waals surface area contributed by atoms with Crippen molar-refractivity contribution in [2.75, 3.05) is 6.26 Å². The summed E-state index contributed by atoms with van der Waals surface area (Å²) in [5.74, 6) is 1.06. The first-order valence-electron chi connectivity index (χ1n) is 6.42. The number of rotatable bonds is 2. The fourth-order valence-corrected chi connectivity index (χ4v) is 4.82. The lowest BCUT2D eigenvalue weighted by Gasteiger charge is -2.44. The van der Waals surface area contributed by atoms with Crippen LogP contribution < -0.4 is 0 Å². The summed E-state index contributed by atoms with van der Waals surface area (Å²) in [7, 11) is 0. The van der Waals surface area contributed by atoms with Crippen LogP contribution in [0.2, 0.25) is 0 Å². The number of thioether (sulfide) groups is 1. The first-order chi connectivity index (χ1) is 6.87. The molecular formula is C13H24S. The van der Waals surface area contributed by atoms with Gasteiger partial charge < -0.3 is 0 Å². The Hall–Kier alpha value is 0.350. The second-order valence-corrected chi connectivity index (χ2v) is 6.39. The standard InChI is InChI=1S/C13H24S/c1-14-13(10-6-3-7-11-13)12-8-4-2-5-9-12/h12H,2-11H2,1H3. The number of hydrogen-bond acceptors (Lipinski definition) is 1. The Morgan fingerprint density at radius 2 is 1.43 bits per heavy atom. The molecule has 0 radical (unpaired) electrons. The second-order valence-electron chi connectivity index (χ2n) is 5.16. The van der Waals surface area contributed by atoms with Crippen LogP contribution in [0.15, 0.2) is 0 Å². The van der Waals surface area contributed by atoms with Crippen molar-refractivity contribution in [1.82, 2.24) is 0 Å². The highest BCUT2D eigenvalue weighted by Crippen LogP contribution is 2.49. The molecule has 2 rings (SSSR count). The fourth-order valence-electron chi connectivity index (χ4n) is 3.56. The Labute approximate surface area is 93.2 Å². The van der Waals surface area contributed by atoms with E-state index in [0.717, 1.165) is 5.92 Å². The Kier molecular flexibility index (Phi) is 3.81. The SMILES string of the molecule is CSC1(C2CCCCC2)CCCCC1. The Morgan fingerprint density at radius 1 is 0.857 bits per heavy atom. The Balaban J connectivity index is 2.01. The van der Waals surface area contributed by atoms with Crippen molar-refractivity contribution in [2.24, 2.45) is 5.92 Å². The third kappa shape index (κ3) is 2.13. The molecule has 1 heteroatoms. The summed E-state index contributed by atoms with van der Waals surface area (Å²) in [6.07, 6.45) is 17.4. The molecule has 0 saturated heterocycles. The lowest BCUT2D eigenvalue weighted by molar-refractivity contribution is 0.228. The molecule has 82 valence electrons. The van der Waals surface area contributed by atoms with Gasteiger partial charge in [0.05, 0.1) is 0 Å². The first-order valence-corrected chi connectivity index (χ1v) is 7.65. The van der Waals surface area contributed by atoms with Crippen LogP contribution in [0.4, 0.5) is 0 Å². The van der Waals surface area contributed by atoms with E-state index in [1.54, 1.807) is 0 Å². The van der Waals surface area contributed by atoms with Crippen molar-refractivity contribution in [1.29, 1.82) is 0 Å². The van der Waals surface area contributed by atoms with E-state index in [9.17, 15) is 0 Å². The first kappa shape index (κ1) is 10.9. The highest BCUT2D eigenvalue weighted by atomic mass is 32.2. The van der Waals surface area contributed by atoms with E-state index in [1.807, 2.05) is 0 Å². The summed E-state index contributed by atoms with van der Waals surface area (Å²) in [6.45, 7) is 0. The zero-order valence-corrected chi connectivity index (χ0v) is 10.4. The molecule has 0 heterocycles. The minimum atomic E-state index is 0.707. The topological polar surface area (TPSA) is 0 Å². The summed E-state index contributed by atoms with van der Waals surface area (Å²) >= 11 is 2.20. The van der Waals surface area contributed by atoms with Gasteiger partial charge in [-0.25, -0.2) is 0 Å². The van der Waals surface area contributed by atoms with Crippen LogP contribution in [0.3, 0.4) is 0 Å². The molecule has 2 aliphatic carbocycles. The molecule has 0 aromatic carbocycles. The van der Waals surface area contributed by atoms with Crippen molar-refractivity contribution in [3.05, 3.63) is 0 Å². The van der Waals surface area contributed by atoms with Crippen LogP contribution in [0.5, 0.6) is 0 Å². The normalized spacial score (nSPS) is 28.9. The average molecular weight is 212 g/mol. The van der Waals surface area contributed by atoms with Gasteiger partial charge in [0.25, 0.3) is 0 Å². The fraction of sp³-hybridized carbons (Fsp3) is 1.00. The van der Waals surface area contributed by atoms with Crippen molar-refractivity contribution in [3.8, 4) is 0 Å². The molecule has 0 nitrogen and oxygen atoms in total. The summed E-state index contributed by atoms with van der Waals surface area (Å²) in [5.41, 5.74) is 0. The minimum Gasteiger partial charge on any atom is -0.158 e. The number of hydrogen-bond donors (Lipinski definition) is 0. The van der Waals surface area contributed by atoms with Gasteiger partial charge in [-0.05, 0) is 37.9 Å². The van der Waals surface area contributed by atoms with Gasteiger partial charge in [-0.3, -0.25) is 0 Å². The van der Waals surface area contributed by atoms with Gasteiger partial charge in [0, 0.05) is 4.75 Å². The summed E-state index contributed by atoms with van der Waals surface area (Å²) in [5, 5.41) is 0. The van der Waals surface area contributed by atoms with Crippen LogP contribution in [-0.2, 0) is 0 Å². The predicted octanol–water partition coefficient (Wildman–Crippen LogP) is 4.63. The molecule has 0 aromatic heterocycles. The van der Waals surface area contributed by atoms with Crippen LogP contribution >= 0.6 is 11.8 Å². The third-order valence-corrected chi connectivity index (χ3v) is 6.01. The maximum Gasteiger partial charge on any atom is 0.0185 e. The van der Waals surface area contributed by atoms with Crippen molar-refractivity contribution >= 4 is 11.8 Å². The average Bonchev–Trinajstić information content (AvgIpc) is 2.31. The van der Waals surface area contributed by atoms with Gasteiger partial charge in [0.2, 0.25) is 0 Å². The maximum atomic E-state index is 2.36. The zero-order valence-electron chi connectivity index (χ0n) is 9.56. The molecule has 0 N–H and O–H groups in total. The van der Waals surface area contributed by atoms with Crippen molar-refractivity contribution in [3.63, 3.8) is 0 Å². The highest BCUT2D eigenvalue weighted by Gasteiger charge is 2.39. The Bertz CT molecular complexity index is 164. The molecule has 0 aliphatic heterocycles. The molecular weight excluding hydrogens is 188 g/mol. The maximum absolute atomic E-state index is 2.36. The van der Waals surface area contributed by atoms with Gasteiger partial charge in [-0.1, -0.05) is 38.5 Å². The van der Waals surface area contributed by atoms with Gasteiger partial charge in [-0.15, -0.1) is 0 Å². The lowest BCUT2D eigenvalue weighted by Crippen LogP contribution is -2.37. The van der Waals surface area contributed by atoms with E-state index in [4.69, 9.17) is 0 Å². The van der Waals surface area contributed by atoms with Gasteiger partial charge in [0.15, 0.2) is 0 Å². The van der Waals surface area contributed by atoms with E-state index in [1.165, 1.54) is 64.2 Å². The molecule has 14 heavy (non-hydrogen) atoms. The smallest absolute Gasteiger partial charge is 0.0185 e. The quantitative estimate of drug-likeness (QED) is 0.643. The minimum absolute atomic E-state index is 0.707. The predicted molar refractivity (Wildman–Crippen MR) is 65.9 cm³/mol. The van der Waals surface area contributed by atoms with E-state index >= 15 is 0 Å². The van der Waals surface area contributed by atoms with Gasteiger partial charge in [-0.2, -0.15) is 11.8 Å². The summed E-state index contributed by atoms with van der Waals surface area (Å²) < 4.78 is 0.707. The Morgan fingerprint density at radius 3 is 2.00 bits per heavy atom. The molecule has 0 bridgehead atoms. The van der Waals surface area contributed by atoms with Crippen molar-refractivity contribution < 1.29 is 0 Å². The van der Waals surface area contributed by atoms with E-state index < -0.39 is 0 Å². The van der Waals surface area contributed by atoms with Crippen LogP contribution in [-0.4, -0.2) is 11.0 Å². The van der Waals surface area contributed by atoms with Gasteiger partial charge >= 0.3 is 0 Å². The molecule has 2 saturated carbocycles. The molecule has 2 aliphatic rings. The summed E-state index contributed by atoms with van der Waals surface area (Å²) in [6, 6.07) is 0. The van der Waals surface area contributed by atoms with Crippen molar-refractivity contribution in [2.45, 2.75) is 69.0 Å². The molecule has 0 atom stereocenters. The highest BCUT2D eigenvalue weighted by molar-refractivity contribution is 8.00. The molecule has 0 spiro atoms. The van der Waals surface area contributed by atoms with Crippen LogP contribution in [0, 0.1) is 5.92 Å². The molecule has 0 aromatic rings. The van der Waals surface area contributed by atoms with E-state index in [0.29, 0.717) is 4.75 Å². The molecule has 0 unspecified atom stereocenters. The lowest BCUT2D eigenvalue weighted by atomic mass is 9.72. The van der Waals surface area contributed by atoms with Crippen LogP contribution in [0.25, 0.3) is 0 Å². The second kappa shape index (κ2) is 4.92. The third-order valence-electron chi connectivity index (χ3n) is 4.46.